The summed E-state index contributed by atoms with van der Waals surface area (Å²) in [6.07, 6.45) is 1.23. The number of nitro groups is 1. The molecular formula is C19H17ClN4O3. The number of nitrogens with zero attached hydrogens (tertiary/aromatic N) is 2. The predicted octanol–water partition coefficient (Wildman–Crippen LogP) is 3.04. The van der Waals surface area contributed by atoms with Crippen LogP contribution < -0.4 is 10.7 Å². The van der Waals surface area contributed by atoms with Gasteiger partial charge in [0.15, 0.2) is 0 Å². The van der Waals surface area contributed by atoms with E-state index in [9.17, 15) is 14.9 Å². The first-order valence-electron chi connectivity index (χ1n) is 8.52. The average molecular weight is 385 g/mol. The molecule has 4 rings (SSSR count). The molecule has 3 unspecified atom stereocenters. The quantitative estimate of drug-likeness (QED) is 0.627. The van der Waals surface area contributed by atoms with Crippen LogP contribution in [-0.2, 0) is 4.79 Å². The van der Waals surface area contributed by atoms with Crippen molar-refractivity contribution in [3.05, 3.63) is 80.9 Å². The van der Waals surface area contributed by atoms with Gasteiger partial charge in [0.2, 0.25) is 0 Å². The number of carbonyl (C=O) groups excluding carboxylic acids is 1. The first-order valence-corrected chi connectivity index (χ1v) is 8.90. The number of hydrazine groups is 1. The molecule has 2 N–H and O–H groups in total. The van der Waals surface area contributed by atoms with Gasteiger partial charge in [-0.15, -0.1) is 0 Å². The maximum absolute atomic E-state index is 12.6. The molecule has 2 aromatic rings. The van der Waals surface area contributed by atoms with Crippen molar-refractivity contribution in [2.45, 2.75) is 25.0 Å². The van der Waals surface area contributed by atoms with Crippen LogP contribution in [0, 0.1) is 10.1 Å². The third-order valence-corrected chi connectivity index (χ3v) is 5.20. The second-order valence-corrected chi connectivity index (χ2v) is 7.09. The Morgan fingerprint density at radius 2 is 1.78 bits per heavy atom. The Hall–Kier alpha value is -2.90. The maximum atomic E-state index is 12.6. The minimum absolute atomic E-state index is 0.0123. The highest BCUT2D eigenvalue weighted by Gasteiger charge is 2.44. The van der Waals surface area contributed by atoms with Gasteiger partial charge in [0.25, 0.3) is 11.6 Å². The second-order valence-electron chi connectivity index (χ2n) is 6.65. The summed E-state index contributed by atoms with van der Waals surface area (Å²) in [6, 6.07) is 13.8. The summed E-state index contributed by atoms with van der Waals surface area (Å²) >= 11 is 6.00. The molecule has 0 aliphatic carbocycles. The van der Waals surface area contributed by atoms with Crippen LogP contribution in [-0.4, -0.2) is 28.0 Å². The summed E-state index contributed by atoms with van der Waals surface area (Å²) in [4.78, 5) is 23.0. The number of hydrogen-bond acceptors (Lipinski definition) is 5. The van der Waals surface area contributed by atoms with Crippen LogP contribution in [0.3, 0.4) is 0 Å². The van der Waals surface area contributed by atoms with E-state index >= 15 is 0 Å². The number of rotatable bonds is 3. The SMILES string of the molecule is CC1NN2C(=O)C=C(c3ccc([N+](=O)[O-])cc3)NC2C1c1ccc(Cl)cc1. The maximum Gasteiger partial charge on any atom is 0.269 e. The van der Waals surface area contributed by atoms with Gasteiger partial charge in [0, 0.05) is 40.9 Å². The number of fused-ring (bicyclic) bond motifs is 1. The van der Waals surface area contributed by atoms with Crippen molar-refractivity contribution in [1.29, 1.82) is 0 Å². The van der Waals surface area contributed by atoms with E-state index in [0.717, 1.165) is 11.1 Å². The molecule has 27 heavy (non-hydrogen) atoms. The molecule has 2 heterocycles. The fourth-order valence-corrected chi connectivity index (χ4v) is 3.77. The number of carbonyl (C=O) groups is 1. The highest BCUT2D eigenvalue weighted by molar-refractivity contribution is 6.30. The van der Waals surface area contributed by atoms with E-state index in [4.69, 9.17) is 11.6 Å². The first-order chi connectivity index (χ1) is 12.9. The van der Waals surface area contributed by atoms with Crippen molar-refractivity contribution in [3.63, 3.8) is 0 Å². The van der Waals surface area contributed by atoms with Crippen LogP contribution in [0.25, 0.3) is 5.70 Å². The molecular weight excluding hydrogens is 368 g/mol. The Bertz CT molecular complexity index is 927. The normalized spacial score (nSPS) is 24.2. The van der Waals surface area contributed by atoms with Crippen LogP contribution in [0.5, 0.6) is 0 Å². The smallest absolute Gasteiger partial charge is 0.269 e. The molecule has 1 saturated heterocycles. The van der Waals surface area contributed by atoms with Crippen LogP contribution in [0.1, 0.15) is 24.0 Å². The van der Waals surface area contributed by atoms with Gasteiger partial charge in [-0.05, 0) is 42.3 Å². The lowest BCUT2D eigenvalue weighted by atomic mass is 9.90. The van der Waals surface area contributed by atoms with Gasteiger partial charge in [0.1, 0.15) is 6.17 Å². The zero-order chi connectivity index (χ0) is 19.1. The van der Waals surface area contributed by atoms with E-state index in [1.165, 1.54) is 18.2 Å². The van der Waals surface area contributed by atoms with Crippen LogP contribution >= 0.6 is 11.6 Å². The van der Waals surface area contributed by atoms with Crippen molar-refractivity contribution in [3.8, 4) is 0 Å². The largest absolute Gasteiger partial charge is 0.363 e. The van der Waals surface area contributed by atoms with Gasteiger partial charge in [-0.3, -0.25) is 19.9 Å². The van der Waals surface area contributed by atoms with Gasteiger partial charge < -0.3 is 5.32 Å². The molecule has 2 aliphatic heterocycles. The van der Waals surface area contributed by atoms with Crippen molar-refractivity contribution >= 4 is 28.9 Å². The standard InChI is InChI=1S/C19H17ClN4O3/c1-11-18(13-2-6-14(20)7-3-13)19-21-16(10-17(25)23(19)22-11)12-4-8-15(9-5-12)24(26)27/h2-11,18-19,21-22H,1H3. The van der Waals surface area contributed by atoms with E-state index in [0.29, 0.717) is 10.7 Å². The number of amides is 1. The molecule has 3 atom stereocenters. The molecule has 1 fully saturated rings. The summed E-state index contributed by atoms with van der Waals surface area (Å²) in [7, 11) is 0. The van der Waals surface area contributed by atoms with Gasteiger partial charge in [-0.2, -0.15) is 0 Å². The molecule has 0 bridgehead atoms. The molecule has 2 aromatic carbocycles. The fourth-order valence-electron chi connectivity index (χ4n) is 3.65. The van der Waals surface area contributed by atoms with Crippen LogP contribution in [0.2, 0.25) is 5.02 Å². The van der Waals surface area contributed by atoms with Gasteiger partial charge in [0.05, 0.1) is 4.92 Å². The van der Waals surface area contributed by atoms with E-state index < -0.39 is 4.92 Å². The molecule has 1 amide bonds. The summed E-state index contributed by atoms with van der Waals surface area (Å²) in [5, 5.41) is 16.5. The van der Waals surface area contributed by atoms with E-state index in [1.807, 2.05) is 31.2 Å². The number of halogens is 1. The van der Waals surface area contributed by atoms with Gasteiger partial charge in [-0.25, -0.2) is 5.43 Å². The molecule has 138 valence electrons. The summed E-state index contributed by atoms with van der Waals surface area (Å²) in [6.45, 7) is 2.03. The van der Waals surface area contributed by atoms with Crippen LogP contribution in [0.15, 0.2) is 54.6 Å². The topological polar surface area (TPSA) is 87.5 Å². The molecule has 7 nitrogen and oxygen atoms in total. The van der Waals surface area contributed by atoms with E-state index in [1.54, 1.807) is 17.1 Å². The predicted molar refractivity (Wildman–Crippen MR) is 102 cm³/mol. The number of nitro benzene ring substituents is 1. The third kappa shape index (κ3) is 3.15. The fraction of sp³-hybridized carbons (Fsp3) is 0.211. The molecule has 0 aromatic heterocycles. The van der Waals surface area contributed by atoms with Crippen LogP contribution in [0.4, 0.5) is 5.69 Å². The molecule has 2 aliphatic rings. The van der Waals surface area contributed by atoms with Gasteiger partial charge >= 0.3 is 0 Å². The monoisotopic (exact) mass is 384 g/mol. The lowest BCUT2D eigenvalue weighted by Gasteiger charge is -2.33. The van der Waals surface area contributed by atoms with Crippen molar-refractivity contribution in [2.75, 3.05) is 0 Å². The minimum atomic E-state index is -0.446. The number of non-ortho nitro benzene ring substituents is 1. The first kappa shape index (κ1) is 17.5. The highest BCUT2D eigenvalue weighted by atomic mass is 35.5. The van der Waals surface area contributed by atoms with Crippen molar-refractivity contribution < 1.29 is 9.72 Å². The number of hydrogen-bond donors (Lipinski definition) is 2. The Morgan fingerprint density at radius 1 is 1.11 bits per heavy atom. The molecule has 0 saturated carbocycles. The van der Waals surface area contributed by atoms with Gasteiger partial charge in [-0.1, -0.05) is 23.7 Å². The Morgan fingerprint density at radius 3 is 2.41 bits per heavy atom. The van der Waals surface area contributed by atoms with Crippen molar-refractivity contribution in [1.82, 2.24) is 15.8 Å². The van der Waals surface area contributed by atoms with Crippen molar-refractivity contribution in [2.24, 2.45) is 0 Å². The second kappa shape index (κ2) is 6.68. The molecule has 8 heteroatoms. The highest BCUT2D eigenvalue weighted by Crippen LogP contribution is 2.35. The molecule has 0 radical (unpaired) electrons. The van der Waals surface area contributed by atoms with E-state index in [2.05, 4.69) is 10.7 Å². The molecule has 0 spiro atoms. The minimum Gasteiger partial charge on any atom is -0.363 e. The summed E-state index contributed by atoms with van der Waals surface area (Å²) in [5.74, 6) is -0.136. The zero-order valence-electron chi connectivity index (χ0n) is 14.4. The summed E-state index contributed by atoms with van der Waals surface area (Å²) < 4.78 is 0. The number of nitrogens with one attached hydrogen (secondary N) is 2. The average Bonchev–Trinajstić information content (AvgIpc) is 2.99. The van der Waals surface area contributed by atoms with E-state index in [-0.39, 0.29) is 29.7 Å². The zero-order valence-corrected chi connectivity index (χ0v) is 15.2. The third-order valence-electron chi connectivity index (χ3n) is 4.95. The Kier molecular flexibility index (Phi) is 4.33. The lowest BCUT2D eigenvalue weighted by molar-refractivity contribution is -0.384. The Labute approximate surface area is 160 Å². The Balaban J connectivity index is 1.65. The summed E-state index contributed by atoms with van der Waals surface area (Å²) in [5.41, 5.74) is 5.67. The number of benzene rings is 2. The lowest BCUT2D eigenvalue weighted by Crippen LogP contribution is -2.52.